The van der Waals surface area contributed by atoms with E-state index in [1.165, 1.54) is 32.2 Å². The number of ether oxygens (including phenoxy) is 3. The van der Waals surface area contributed by atoms with Crippen molar-refractivity contribution in [2.75, 3.05) is 21.3 Å². The molecule has 0 spiro atoms. The molecule has 0 aliphatic heterocycles. The third-order valence-electron chi connectivity index (χ3n) is 3.90. The highest BCUT2D eigenvalue weighted by molar-refractivity contribution is 5.89. The van der Waals surface area contributed by atoms with E-state index in [1.54, 1.807) is 6.07 Å². The normalized spacial score (nSPS) is 10.7. The van der Waals surface area contributed by atoms with E-state index in [4.69, 9.17) is 14.2 Å². The summed E-state index contributed by atoms with van der Waals surface area (Å²) in [7, 11) is 4.52. The highest BCUT2D eigenvalue weighted by Gasteiger charge is 2.19. The highest BCUT2D eigenvalue weighted by Crippen LogP contribution is 2.41. The van der Waals surface area contributed by atoms with Crippen LogP contribution >= 0.6 is 0 Å². The van der Waals surface area contributed by atoms with Crippen molar-refractivity contribution in [2.24, 2.45) is 0 Å². The van der Waals surface area contributed by atoms with Gasteiger partial charge >= 0.3 is 0 Å². The topological polar surface area (TPSA) is 75.5 Å². The van der Waals surface area contributed by atoms with Crippen LogP contribution in [0.2, 0.25) is 0 Å². The van der Waals surface area contributed by atoms with Crippen LogP contribution in [-0.4, -0.2) is 35.9 Å². The monoisotopic (exact) mass is 341 g/mol. The molecular weight excluding hydrogens is 322 g/mol. The minimum Gasteiger partial charge on any atom is -0.493 e. The number of pyridine rings is 1. The van der Waals surface area contributed by atoms with Crippen molar-refractivity contribution in [2.45, 2.75) is 13.5 Å². The summed E-state index contributed by atoms with van der Waals surface area (Å²) >= 11 is 0. The number of rotatable bonds is 5. The average Bonchev–Trinajstić information content (AvgIpc) is 2.62. The Kier molecular flexibility index (Phi) is 4.56. The Morgan fingerprint density at radius 2 is 1.84 bits per heavy atom. The Bertz CT molecular complexity index is 982. The summed E-state index contributed by atoms with van der Waals surface area (Å²) in [6, 6.07) is 7.31. The van der Waals surface area contributed by atoms with Gasteiger partial charge in [-0.05, 0) is 25.1 Å². The van der Waals surface area contributed by atoms with Crippen molar-refractivity contribution in [1.29, 1.82) is 0 Å². The smallest absolute Gasteiger partial charge is 0.261 e. The quantitative estimate of drug-likeness (QED) is 0.708. The second-order valence-corrected chi connectivity index (χ2v) is 5.49. The molecule has 2 aromatic heterocycles. The number of aryl methyl sites for hydroxylation is 1. The molecule has 0 saturated carbocycles. The Morgan fingerprint density at radius 3 is 2.48 bits per heavy atom. The van der Waals surface area contributed by atoms with E-state index in [1.807, 2.05) is 25.1 Å². The number of fused-ring (bicyclic) bond motifs is 1. The Hall–Kier alpha value is -3.09. The van der Waals surface area contributed by atoms with Crippen LogP contribution in [0.1, 0.15) is 11.4 Å². The van der Waals surface area contributed by atoms with Gasteiger partial charge in [-0.3, -0.25) is 14.3 Å². The molecule has 7 nitrogen and oxygen atoms in total. The largest absolute Gasteiger partial charge is 0.493 e. The highest BCUT2D eigenvalue weighted by atomic mass is 16.5. The van der Waals surface area contributed by atoms with E-state index < -0.39 is 0 Å². The van der Waals surface area contributed by atoms with Crippen molar-refractivity contribution >= 4 is 10.9 Å². The first kappa shape index (κ1) is 16.8. The van der Waals surface area contributed by atoms with E-state index in [-0.39, 0.29) is 5.56 Å². The van der Waals surface area contributed by atoms with E-state index in [2.05, 4.69) is 9.97 Å². The van der Waals surface area contributed by atoms with Crippen LogP contribution in [0.5, 0.6) is 17.2 Å². The molecule has 0 radical (unpaired) electrons. The lowest BCUT2D eigenvalue weighted by atomic mass is 10.2. The Morgan fingerprint density at radius 1 is 1.08 bits per heavy atom. The first-order chi connectivity index (χ1) is 12.1. The lowest BCUT2D eigenvalue weighted by Crippen LogP contribution is -2.22. The number of aromatic nitrogens is 3. The van der Waals surface area contributed by atoms with Gasteiger partial charge in [-0.1, -0.05) is 6.07 Å². The lowest BCUT2D eigenvalue weighted by Gasteiger charge is -2.14. The molecule has 0 bridgehead atoms. The Labute approximate surface area is 144 Å². The lowest BCUT2D eigenvalue weighted by molar-refractivity contribution is 0.326. The summed E-state index contributed by atoms with van der Waals surface area (Å²) in [5.41, 5.74) is 1.91. The molecule has 0 fully saturated rings. The molecule has 0 aliphatic rings. The molecule has 3 aromatic rings. The fourth-order valence-corrected chi connectivity index (χ4v) is 2.74. The van der Waals surface area contributed by atoms with Crippen molar-refractivity contribution in [3.8, 4) is 17.2 Å². The van der Waals surface area contributed by atoms with Crippen molar-refractivity contribution in [1.82, 2.24) is 14.5 Å². The van der Waals surface area contributed by atoms with Gasteiger partial charge in [-0.25, -0.2) is 4.98 Å². The first-order valence-electron chi connectivity index (χ1n) is 7.69. The third kappa shape index (κ3) is 3.00. The number of nitrogens with zero attached hydrogens (tertiary/aromatic N) is 3. The third-order valence-corrected chi connectivity index (χ3v) is 3.90. The van der Waals surface area contributed by atoms with Gasteiger partial charge in [-0.2, -0.15) is 0 Å². The summed E-state index contributed by atoms with van der Waals surface area (Å²) in [5.74, 6) is 1.19. The molecule has 0 aliphatic carbocycles. The molecule has 0 saturated heterocycles. The SMILES string of the molecule is COc1cc2c(=O)n(Cc3cccc(C)n3)cnc2c(OC)c1OC. The van der Waals surface area contributed by atoms with Gasteiger partial charge in [-0.15, -0.1) is 0 Å². The van der Waals surface area contributed by atoms with Crippen LogP contribution in [0, 0.1) is 6.92 Å². The minimum absolute atomic E-state index is 0.201. The van der Waals surface area contributed by atoms with Gasteiger partial charge in [0.2, 0.25) is 5.75 Å². The maximum Gasteiger partial charge on any atom is 0.261 e. The summed E-state index contributed by atoms with van der Waals surface area (Å²) in [5, 5.41) is 0.393. The molecule has 25 heavy (non-hydrogen) atoms. The van der Waals surface area contributed by atoms with Crippen LogP contribution in [0.4, 0.5) is 0 Å². The zero-order valence-corrected chi connectivity index (χ0v) is 14.6. The molecule has 2 heterocycles. The summed E-state index contributed by atoms with van der Waals surface area (Å²) < 4.78 is 17.6. The first-order valence-corrected chi connectivity index (χ1v) is 7.69. The van der Waals surface area contributed by atoms with Crippen LogP contribution in [-0.2, 0) is 6.54 Å². The fraction of sp³-hybridized carbons (Fsp3) is 0.278. The maximum absolute atomic E-state index is 12.9. The molecular formula is C18H19N3O4. The predicted octanol–water partition coefficient (Wildman–Crippen LogP) is 2.17. The summed E-state index contributed by atoms with van der Waals surface area (Å²) in [6.07, 6.45) is 1.49. The second-order valence-electron chi connectivity index (χ2n) is 5.49. The molecule has 130 valence electrons. The number of hydrogen-bond acceptors (Lipinski definition) is 6. The van der Waals surface area contributed by atoms with Gasteiger partial charge in [0, 0.05) is 5.69 Å². The van der Waals surface area contributed by atoms with Crippen molar-refractivity contribution in [3.05, 3.63) is 52.3 Å². The number of methoxy groups -OCH3 is 3. The average molecular weight is 341 g/mol. The predicted molar refractivity (Wildman–Crippen MR) is 93.7 cm³/mol. The molecule has 7 heteroatoms. The van der Waals surface area contributed by atoms with Crippen LogP contribution in [0.25, 0.3) is 10.9 Å². The standard InChI is InChI=1S/C18H19N3O4/c1-11-6-5-7-12(20-11)9-21-10-19-15-13(18(21)22)8-14(23-2)16(24-3)17(15)25-4/h5-8,10H,9H2,1-4H3. The maximum atomic E-state index is 12.9. The molecule has 0 N–H and O–H groups in total. The van der Waals surface area contributed by atoms with Gasteiger partial charge in [0.05, 0.1) is 45.3 Å². The van der Waals surface area contributed by atoms with E-state index in [0.717, 1.165) is 11.4 Å². The minimum atomic E-state index is -0.201. The summed E-state index contributed by atoms with van der Waals surface area (Å²) in [6.45, 7) is 2.24. The van der Waals surface area contributed by atoms with E-state index in [9.17, 15) is 4.79 Å². The van der Waals surface area contributed by atoms with Crippen LogP contribution in [0.3, 0.4) is 0 Å². The molecule has 0 unspecified atom stereocenters. The second kappa shape index (κ2) is 6.80. The number of hydrogen-bond donors (Lipinski definition) is 0. The van der Waals surface area contributed by atoms with Gasteiger partial charge < -0.3 is 14.2 Å². The van der Waals surface area contributed by atoms with E-state index >= 15 is 0 Å². The van der Waals surface area contributed by atoms with Gasteiger partial charge in [0.15, 0.2) is 11.5 Å². The van der Waals surface area contributed by atoms with Gasteiger partial charge in [0.1, 0.15) is 5.52 Å². The van der Waals surface area contributed by atoms with Gasteiger partial charge in [0.25, 0.3) is 5.56 Å². The van der Waals surface area contributed by atoms with E-state index in [0.29, 0.717) is 34.7 Å². The molecule has 3 rings (SSSR count). The molecule has 0 atom stereocenters. The fourth-order valence-electron chi connectivity index (χ4n) is 2.74. The zero-order valence-electron chi connectivity index (χ0n) is 14.6. The van der Waals surface area contributed by atoms with Crippen molar-refractivity contribution < 1.29 is 14.2 Å². The Balaban J connectivity index is 2.18. The van der Waals surface area contributed by atoms with Crippen molar-refractivity contribution in [3.63, 3.8) is 0 Å². The number of benzene rings is 1. The summed E-state index contributed by atoms with van der Waals surface area (Å²) in [4.78, 5) is 21.7. The van der Waals surface area contributed by atoms with Crippen LogP contribution in [0.15, 0.2) is 35.4 Å². The zero-order chi connectivity index (χ0) is 18.0. The van der Waals surface area contributed by atoms with Crippen LogP contribution < -0.4 is 19.8 Å². The molecule has 0 amide bonds. The molecule has 1 aromatic carbocycles.